The van der Waals surface area contributed by atoms with Crippen molar-refractivity contribution in [3.63, 3.8) is 0 Å². The van der Waals surface area contributed by atoms with Gasteiger partial charge >= 0.3 is 6.09 Å². The Bertz CT molecular complexity index is 808. The highest BCUT2D eigenvalue weighted by Gasteiger charge is 2.52. The molecule has 1 aliphatic carbocycles. The summed E-state index contributed by atoms with van der Waals surface area (Å²) in [6.07, 6.45) is 3.23. The first-order valence-electron chi connectivity index (χ1n) is 11.1. The van der Waals surface area contributed by atoms with Crippen molar-refractivity contribution in [3.05, 3.63) is 35.4 Å². The summed E-state index contributed by atoms with van der Waals surface area (Å²) in [6, 6.07) is 8.79. The van der Waals surface area contributed by atoms with Gasteiger partial charge in [0.15, 0.2) is 0 Å². The number of ether oxygens (including phenoxy) is 2. The number of carbonyl (C=O) groups excluding carboxylic acids is 2. The normalized spacial score (nSPS) is 25.3. The molecular weight excluding hydrogens is 380 g/mol. The van der Waals surface area contributed by atoms with Crippen LogP contribution in [0.1, 0.15) is 63.6 Å². The third-order valence-corrected chi connectivity index (χ3v) is 6.95. The Labute approximate surface area is 179 Å². The molecule has 2 heterocycles. The molecule has 2 fully saturated rings. The van der Waals surface area contributed by atoms with E-state index >= 15 is 0 Å². The fraction of sp³-hybridized carbons (Fsp3) is 0.667. The molecular formula is C24H34N2O4. The molecule has 30 heavy (non-hydrogen) atoms. The molecule has 1 aromatic carbocycles. The standard InChI is InChI=1S/C24H34N2O4/c1-23(2,3)30-22(28)25-11-9-24(10-12-25)16-17-15-20(27)26(13-14-29-4)21(17)18-7-5-6-8-19(18)24/h5-8,17,21H,9-16H2,1-4H3. The minimum absolute atomic E-state index is 0.0355. The van der Waals surface area contributed by atoms with E-state index in [4.69, 9.17) is 9.47 Å². The summed E-state index contributed by atoms with van der Waals surface area (Å²) in [5, 5.41) is 0. The lowest BCUT2D eigenvalue weighted by Gasteiger charge is -2.49. The molecule has 1 spiro atoms. The number of amides is 2. The number of fused-ring (bicyclic) bond motifs is 4. The first-order chi connectivity index (χ1) is 14.2. The number of hydrogen-bond acceptors (Lipinski definition) is 4. The van der Waals surface area contributed by atoms with Gasteiger partial charge in [-0.3, -0.25) is 4.79 Å². The van der Waals surface area contributed by atoms with Gasteiger partial charge in [0.25, 0.3) is 0 Å². The predicted molar refractivity (Wildman–Crippen MR) is 114 cm³/mol. The summed E-state index contributed by atoms with van der Waals surface area (Å²) in [7, 11) is 1.68. The second kappa shape index (κ2) is 7.88. The van der Waals surface area contributed by atoms with Gasteiger partial charge < -0.3 is 19.3 Å². The lowest BCUT2D eigenvalue weighted by Crippen LogP contribution is -2.49. The van der Waals surface area contributed by atoms with Gasteiger partial charge in [-0.05, 0) is 62.5 Å². The molecule has 6 heteroatoms. The Morgan fingerprint density at radius 3 is 2.57 bits per heavy atom. The fourth-order valence-corrected chi connectivity index (χ4v) is 5.69. The van der Waals surface area contributed by atoms with Gasteiger partial charge in [0.1, 0.15) is 5.60 Å². The highest BCUT2D eigenvalue weighted by molar-refractivity contribution is 5.80. The molecule has 0 aromatic heterocycles. The topological polar surface area (TPSA) is 59.1 Å². The van der Waals surface area contributed by atoms with Crippen LogP contribution in [-0.2, 0) is 19.7 Å². The predicted octanol–water partition coefficient (Wildman–Crippen LogP) is 3.90. The first-order valence-corrected chi connectivity index (χ1v) is 11.1. The second-order valence-electron chi connectivity index (χ2n) is 10.0. The minimum Gasteiger partial charge on any atom is -0.444 e. The lowest BCUT2D eigenvalue weighted by atomic mass is 9.60. The number of hydrogen-bond donors (Lipinski definition) is 0. The summed E-state index contributed by atoms with van der Waals surface area (Å²) in [4.78, 5) is 29.2. The Morgan fingerprint density at radius 1 is 1.20 bits per heavy atom. The van der Waals surface area contributed by atoms with Gasteiger partial charge in [0, 0.05) is 33.2 Å². The molecule has 2 atom stereocenters. The maximum Gasteiger partial charge on any atom is 0.410 e. The number of carbonyl (C=O) groups is 2. The summed E-state index contributed by atoms with van der Waals surface area (Å²) in [5.74, 6) is 0.567. The molecule has 3 aliphatic rings. The number of piperidine rings is 1. The van der Waals surface area contributed by atoms with E-state index in [9.17, 15) is 9.59 Å². The van der Waals surface area contributed by atoms with Crippen molar-refractivity contribution in [1.29, 1.82) is 0 Å². The maximum absolute atomic E-state index is 12.8. The van der Waals surface area contributed by atoms with Gasteiger partial charge in [0.05, 0.1) is 12.6 Å². The van der Waals surface area contributed by atoms with Crippen LogP contribution in [0.25, 0.3) is 0 Å². The van der Waals surface area contributed by atoms with Crippen molar-refractivity contribution in [3.8, 4) is 0 Å². The molecule has 4 rings (SSSR count). The largest absolute Gasteiger partial charge is 0.444 e. The quantitative estimate of drug-likeness (QED) is 0.753. The van der Waals surface area contributed by atoms with E-state index in [2.05, 4.69) is 24.3 Å². The average Bonchev–Trinajstić information content (AvgIpc) is 3.00. The maximum atomic E-state index is 12.8. The molecule has 2 aliphatic heterocycles. The number of likely N-dealkylation sites (tertiary alicyclic amines) is 2. The van der Waals surface area contributed by atoms with Crippen LogP contribution in [0.15, 0.2) is 24.3 Å². The van der Waals surface area contributed by atoms with Crippen LogP contribution in [-0.4, -0.2) is 60.8 Å². The molecule has 0 saturated carbocycles. The van der Waals surface area contributed by atoms with Crippen LogP contribution in [0.3, 0.4) is 0 Å². The van der Waals surface area contributed by atoms with E-state index in [-0.39, 0.29) is 23.5 Å². The van der Waals surface area contributed by atoms with Crippen LogP contribution < -0.4 is 0 Å². The van der Waals surface area contributed by atoms with Gasteiger partial charge in [-0.1, -0.05) is 24.3 Å². The van der Waals surface area contributed by atoms with Crippen molar-refractivity contribution < 1.29 is 19.1 Å². The molecule has 2 unspecified atom stereocenters. The van der Waals surface area contributed by atoms with Crippen LogP contribution in [0.2, 0.25) is 0 Å². The minimum atomic E-state index is -0.479. The summed E-state index contributed by atoms with van der Waals surface area (Å²) >= 11 is 0. The van der Waals surface area contributed by atoms with E-state index in [0.29, 0.717) is 38.6 Å². The second-order valence-corrected chi connectivity index (χ2v) is 10.0. The third-order valence-electron chi connectivity index (χ3n) is 6.95. The Morgan fingerprint density at radius 2 is 1.90 bits per heavy atom. The monoisotopic (exact) mass is 414 g/mol. The van der Waals surface area contributed by atoms with E-state index in [1.807, 2.05) is 30.6 Å². The van der Waals surface area contributed by atoms with E-state index in [0.717, 1.165) is 19.3 Å². The zero-order valence-corrected chi connectivity index (χ0v) is 18.6. The molecule has 2 saturated heterocycles. The van der Waals surface area contributed by atoms with Crippen LogP contribution in [0.4, 0.5) is 4.79 Å². The summed E-state index contributed by atoms with van der Waals surface area (Å²) in [5.41, 5.74) is 2.22. The van der Waals surface area contributed by atoms with Gasteiger partial charge in [0.2, 0.25) is 5.91 Å². The number of benzene rings is 1. The zero-order valence-electron chi connectivity index (χ0n) is 18.6. The van der Waals surface area contributed by atoms with Crippen LogP contribution >= 0.6 is 0 Å². The van der Waals surface area contributed by atoms with E-state index < -0.39 is 5.60 Å². The van der Waals surface area contributed by atoms with Crippen LogP contribution in [0, 0.1) is 5.92 Å². The Kier molecular flexibility index (Phi) is 5.56. The third kappa shape index (κ3) is 3.82. The van der Waals surface area contributed by atoms with Crippen LogP contribution in [0.5, 0.6) is 0 Å². The van der Waals surface area contributed by atoms with Gasteiger partial charge in [-0.25, -0.2) is 4.79 Å². The van der Waals surface area contributed by atoms with Gasteiger partial charge in [-0.2, -0.15) is 0 Å². The number of methoxy groups -OCH3 is 1. The first kappa shape index (κ1) is 21.2. The number of rotatable bonds is 3. The molecule has 164 valence electrons. The molecule has 0 N–H and O–H groups in total. The Hall–Kier alpha value is -2.08. The Balaban J connectivity index is 1.57. The number of nitrogens with zero attached hydrogens (tertiary/aromatic N) is 2. The van der Waals surface area contributed by atoms with Crippen molar-refractivity contribution in [1.82, 2.24) is 9.80 Å². The van der Waals surface area contributed by atoms with E-state index in [1.54, 1.807) is 7.11 Å². The molecule has 1 aromatic rings. The highest BCUT2D eigenvalue weighted by atomic mass is 16.6. The summed E-state index contributed by atoms with van der Waals surface area (Å²) < 4.78 is 10.8. The van der Waals surface area contributed by atoms with Crippen molar-refractivity contribution in [2.24, 2.45) is 5.92 Å². The lowest BCUT2D eigenvalue weighted by molar-refractivity contribution is -0.129. The zero-order chi connectivity index (χ0) is 21.5. The smallest absolute Gasteiger partial charge is 0.410 e. The van der Waals surface area contributed by atoms with Crippen molar-refractivity contribution in [2.45, 2.75) is 63.5 Å². The highest BCUT2D eigenvalue weighted by Crippen LogP contribution is 2.55. The van der Waals surface area contributed by atoms with Crippen molar-refractivity contribution in [2.75, 3.05) is 33.4 Å². The average molecular weight is 415 g/mol. The van der Waals surface area contributed by atoms with E-state index in [1.165, 1.54) is 11.1 Å². The summed E-state index contributed by atoms with van der Waals surface area (Å²) in [6.45, 7) is 8.31. The molecule has 0 bridgehead atoms. The fourth-order valence-electron chi connectivity index (χ4n) is 5.69. The van der Waals surface area contributed by atoms with Gasteiger partial charge in [-0.15, -0.1) is 0 Å². The van der Waals surface area contributed by atoms with Crippen molar-refractivity contribution >= 4 is 12.0 Å². The SMILES string of the molecule is COCCN1C(=O)CC2CC3(CCN(C(=O)OC(C)(C)C)CC3)c3ccccc3C21. The molecule has 0 radical (unpaired) electrons. The molecule has 6 nitrogen and oxygen atoms in total. The molecule has 2 amide bonds.